The second-order valence-corrected chi connectivity index (χ2v) is 3.89. The van der Waals surface area contributed by atoms with E-state index in [9.17, 15) is 9.18 Å². The average Bonchev–Trinajstić information content (AvgIpc) is 2.68. The molecule has 3 N–H and O–H groups in total. The van der Waals surface area contributed by atoms with Gasteiger partial charge in [-0.2, -0.15) is 5.10 Å². The van der Waals surface area contributed by atoms with Crippen molar-refractivity contribution >= 4 is 11.7 Å². The summed E-state index contributed by atoms with van der Waals surface area (Å²) in [5, 5.41) is 7.08. The van der Waals surface area contributed by atoms with Crippen molar-refractivity contribution in [2.75, 3.05) is 5.32 Å². The number of amides is 1. The second kappa shape index (κ2) is 4.87. The summed E-state index contributed by atoms with van der Waals surface area (Å²) >= 11 is 0. The van der Waals surface area contributed by atoms with Crippen molar-refractivity contribution in [2.24, 2.45) is 12.8 Å². The summed E-state index contributed by atoms with van der Waals surface area (Å²) in [6.07, 6.45) is 0. The number of hydrogen-bond acceptors (Lipinski definition) is 3. The molecule has 0 saturated carbocycles. The van der Waals surface area contributed by atoms with Gasteiger partial charge >= 0.3 is 0 Å². The molecule has 94 valence electrons. The third kappa shape index (κ3) is 2.65. The summed E-state index contributed by atoms with van der Waals surface area (Å²) in [7, 11) is 1.63. The number of rotatable bonds is 4. The zero-order chi connectivity index (χ0) is 13.1. The van der Waals surface area contributed by atoms with Crippen molar-refractivity contribution in [1.29, 1.82) is 0 Å². The van der Waals surface area contributed by atoms with Crippen LogP contribution in [-0.2, 0) is 13.6 Å². The lowest BCUT2D eigenvalue weighted by Gasteiger charge is -2.02. The van der Waals surface area contributed by atoms with Gasteiger partial charge in [-0.3, -0.25) is 9.48 Å². The van der Waals surface area contributed by atoms with E-state index in [2.05, 4.69) is 10.4 Å². The number of aryl methyl sites for hydroxylation is 1. The van der Waals surface area contributed by atoms with Gasteiger partial charge in [-0.1, -0.05) is 12.1 Å². The van der Waals surface area contributed by atoms with Gasteiger partial charge in [0, 0.05) is 19.7 Å². The highest BCUT2D eigenvalue weighted by atomic mass is 19.1. The van der Waals surface area contributed by atoms with E-state index >= 15 is 0 Å². The van der Waals surface area contributed by atoms with Gasteiger partial charge in [-0.25, -0.2) is 4.39 Å². The third-order valence-corrected chi connectivity index (χ3v) is 2.49. The van der Waals surface area contributed by atoms with Crippen molar-refractivity contribution in [1.82, 2.24) is 9.78 Å². The summed E-state index contributed by atoms with van der Waals surface area (Å²) < 4.78 is 14.4. The molecule has 0 aliphatic carbocycles. The lowest BCUT2D eigenvalue weighted by molar-refractivity contribution is 0.0991. The third-order valence-electron chi connectivity index (χ3n) is 2.49. The highest BCUT2D eigenvalue weighted by Crippen LogP contribution is 2.10. The minimum atomic E-state index is -0.538. The van der Waals surface area contributed by atoms with Crippen LogP contribution in [0.4, 0.5) is 10.2 Å². The fraction of sp³-hybridized carbons (Fsp3) is 0.167. The largest absolute Gasteiger partial charge is 0.365 e. The van der Waals surface area contributed by atoms with E-state index in [1.165, 1.54) is 16.8 Å². The first kappa shape index (κ1) is 12.1. The van der Waals surface area contributed by atoms with Crippen molar-refractivity contribution in [3.05, 3.63) is 47.4 Å². The Morgan fingerprint density at radius 2 is 2.28 bits per heavy atom. The highest BCUT2D eigenvalue weighted by Gasteiger charge is 2.09. The zero-order valence-electron chi connectivity index (χ0n) is 9.85. The Kier molecular flexibility index (Phi) is 3.27. The number of nitrogens with one attached hydrogen (secondary N) is 1. The lowest BCUT2D eigenvalue weighted by Crippen LogP contribution is -2.15. The molecule has 0 bridgehead atoms. The SMILES string of the molecule is Cn1nc(NCc2cccc(F)c2)cc1C(N)=O. The number of nitrogens with zero attached hydrogens (tertiary/aromatic N) is 2. The smallest absolute Gasteiger partial charge is 0.267 e. The Morgan fingerprint density at radius 3 is 2.89 bits per heavy atom. The maximum Gasteiger partial charge on any atom is 0.267 e. The van der Waals surface area contributed by atoms with E-state index in [-0.39, 0.29) is 5.82 Å². The van der Waals surface area contributed by atoms with Crippen LogP contribution in [-0.4, -0.2) is 15.7 Å². The molecule has 1 heterocycles. The predicted octanol–water partition coefficient (Wildman–Crippen LogP) is 1.27. The summed E-state index contributed by atoms with van der Waals surface area (Å²) in [6.45, 7) is 0.424. The number of hydrogen-bond donors (Lipinski definition) is 2. The summed E-state index contributed by atoms with van der Waals surface area (Å²) in [5.74, 6) is -0.299. The van der Waals surface area contributed by atoms with Crippen molar-refractivity contribution < 1.29 is 9.18 Å². The van der Waals surface area contributed by atoms with Gasteiger partial charge < -0.3 is 11.1 Å². The molecule has 2 rings (SSSR count). The van der Waals surface area contributed by atoms with Gasteiger partial charge in [0.25, 0.3) is 5.91 Å². The van der Waals surface area contributed by atoms with Crippen LogP contribution >= 0.6 is 0 Å². The van der Waals surface area contributed by atoms with Gasteiger partial charge in [-0.15, -0.1) is 0 Å². The topological polar surface area (TPSA) is 72.9 Å². The summed E-state index contributed by atoms with van der Waals surface area (Å²) in [5.41, 5.74) is 6.29. The number of carbonyl (C=O) groups excluding carboxylic acids is 1. The maximum atomic E-state index is 13.0. The van der Waals surface area contributed by atoms with Crippen LogP contribution in [0.25, 0.3) is 0 Å². The lowest BCUT2D eigenvalue weighted by atomic mass is 10.2. The van der Waals surface area contributed by atoms with E-state index in [0.29, 0.717) is 18.1 Å². The van der Waals surface area contributed by atoms with Gasteiger partial charge in [0.15, 0.2) is 0 Å². The Bertz CT molecular complexity index is 579. The molecule has 1 aromatic carbocycles. The molecule has 0 saturated heterocycles. The Balaban J connectivity index is 2.06. The molecule has 0 atom stereocenters. The van der Waals surface area contributed by atoms with Crippen LogP contribution in [0, 0.1) is 5.82 Å². The van der Waals surface area contributed by atoms with Crippen LogP contribution in [0.3, 0.4) is 0 Å². The van der Waals surface area contributed by atoms with Crippen LogP contribution in [0.1, 0.15) is 16.1 Å². The van der Waals surface area contributed by atoms with E-state index in [1.807, 2.05) is 0 Å². The van der Waals surface area contributed by atoms with E-state index in [4.69, 9.17) is 5.73 Å². The fourth-order valence-corrected chi connectivity index (χ4v) is 1.62. The molecular weight excluding hydrogens is 235 g/mol. The number of primary amides is 1. The molecule has 0 spiro atoms. The quantitative estimate of drug-likeness (QED) is 0.855. The first-order chi connectivity index (χ1) is 8.56. The predicted molar refractivity (Wildman–Crippen MR) is 65.5 cm³/mol. The second-order valence-electron chi connectivity index (χ2n) is 3.89. The highest BCUT2D eigenvalue weighted by molar-refractivity contribution is 5.91. The van der Waals surface area contributed by atoms with Gasteiger partial charge in [0.05, 0.1) is 0 Å². The van der Waals surface area contributed by atoms with Gasteiger partial charge in [-0.05, 0) is 17.7 Å². The van der Waals surface area contributed by atoms with Crippen LogP contribution in [0.15, 0.2) is 30.3 Å². The Hall–Kier alpha value is -2.37. The molecule has 1 amide bonds. The minimum Gasteiger partial charge on any atom is -0.365 e. The maximum absolute atomic E-state index is 13.0. The van der Waals surface area contributed by atoms with Crippen molar-refractivity contribution in [2.45, 2.75) is 6.54 Å². The number of carbonyl (C=O) groups is 1. The standard InChI is InChI=1S/C12H13FN4O/c1-17-10(12(14)18)6-11(16-17)15-7-8-3-2-4-9(13)5-8/h2-6H,7H2,1H3,(H2,14,18)(H,15,16). The minimum absolute atomic E-state index is 0.284. The van der Waals surface area contributed by atoms with E-state index in [0.717, 1.165) is 5.56 Å². The number of anilines is 1. The number of nitrogens with two attached hydrogens (primary N) is 1. The fourth-order valence-electron chi connectivity index (χ4n) is 1.62. The number of aromatic nitrogens is 2. The van der Waals surface area contributed by atoms with Crippen LogP contribution in [0.5, 0.6) is 0 Å². The first-order valence-electron chi connectivity index (χ1n) is 5.38. The molecular formula is C12H13FN4O. The zero-order valence-corrected chi connectivity index (χ0v) is 9.85. The molecule has 2 aromatic rings. The van der Waals surface area contributed by atoms with Crippen molar-refractivity contribution in [3.8, 4) is 0 Å². The molecule has 0 radical (unpaired) electrons. The number of benzene rings is 1. The Labute approximate surface area is 103 Å². The molecule has 0 fully saturated rings. The number of halogens is 1. The van der Waals surface area contributed by atoms with Gasteiger partial charge in [0.1, 0.15) is 17.3 Å². The normalized spacial score (nSPS) is 10.3. The average molecular weight is 248 g/mol. The van der Waals surface area contributed by atoms with Crippen molar-refractivity contribution in [3.63, 3.8) is 0 Å². The molecule has 1 aromatic heterocycles. The molecule has 0 unspecified atom stereocenters. The molecule has 5 nitrogen and oxygen atoms in total. The monoisotopic (exact) mass is 248 g/mol. The van der Waals surface area contributed by atoms with Crippen LogP contribution in [0.2, 0.25) is 0 Å². The first-order valence-corrected chi connectivity index (χ1v) is 5.38. The summed E-state index contributed by atoms with van der Waals surface area (Å²) in [6, 6.07) is 7.82. The molecule has 18 heavy (non-hydrogen) atoms. The van der Waals surface area contributed by atoms with E-state index in [1.54, 1.807) is 25.2 Å². The van der Waals surface area contributed by atoms with Crippen LogP contribution < -0.4 is 11.1 Å². The molecule has 0 aliphatic rings. The molecule has 0 aliphatic heterocycles. The van der Waals surface area contributed by atoms with E-state index < -0.39 is 5.91 Å². The Morgan fingerprint density at radius 1 is 1.50 bits per heavy atom. The summed E-state index contributed by atoms with van der Waals surface area (Å²) in [4.78, 5) is 11.0. The molecule has 6 heteroatoms. The van der Waals surface area contributed by atoms with Gasteiger partial charge in [0.2, 0.25) is 0 Å².